The van der Waals surface area contributed by atoms with Crippen molar-refractivity contribution in [2.24, 2.45) is 5.92 Å². The van der Waals surface area contributed by atoms with E-state index < -0.39 is 5.97 Å². The van der Waals surface area contributed by atoms with Crippen LogP contribution in [0.4, 0.5) is 0 Å². The summed E-state index contributed by atoms with van der Waals surface area (Å²) in [6, 6.07) is 6.94. The average molecular weight is 273 g/mol. The molecule has 0 saturated heterocycles. The van der Waals surface area contributed by atoms with Gasteiger partial charge in [0.1, 0.15) is 0 Å². The summed E-state index contributed by atoms with van der Waals surface area (Å²) in [7, 11) is 0. The van der Waals surface area contributed by atoms with Gasteiger partial charge in [-0.1, -0.05) is 12.1 Å². The number of hydrogen-bond acceptors (Lipinski definition) is 2. The van der Waals surface area contributed by atoms with E-state index in [4.69, 9.17) is 5.11 Å². The number of nitrogens with one attached hydrogen (secondary N) is 1. The summed E-state index contributed by atoms with van der Waals surface area (Å²) >= 11 is 0. The molecule has 0 heterocycles. The topological polar surface area (TPSA) is 66.4 Å². The van der Waals surface area contributed by atoms with Crippen LogP contribution in [0.1, 0.15) is 42.6 Å². The van der Waals surface area contributed by atoms with Crippen molar-refractivity contribution in [3.05, 3.63) is 41.5 Å². The average Bonchev–Trinajstić information content (AvgIpc) is 3.20. The quantitative estimate of drug-likeness (QED) is 0.811. The molecule has 1 saturated carbocycles. The molecule has 0 atom stereocenters. The minimum atomic E-state index is -1.00. The molecule has 1 aliphatic carbocycles. The van der Waals surface area contributed by atoms with Crippen molar-refractivity contribution in [2.75, 3.05) is 0 Å². The van der Waals surface area contributed by atoms with Gasteiger partial charge in [0.25, 0.3) is 5.91 Å². The highest BCUT2D eigenvalue weighted by molar-refractivity contribution is 5.95. The Morgan fingerprint density at radius 2 is 2.05 bits per heavy atom. The Kier molecular flexibility index (Phi) is 3.93. The van der Waals surface area contributed by atoms with E-state index in [1.54, 1.807) is 24.3 Å². The number of carboxylic acids is 1. The maximum atomic E-state index is 12.2. The summed E-state index contributed by atoms with van der Waals surface area (Å²) in [5, 5.41) is 11.7. The van der Waals surface area contributed by atoms with Gasteiger partial charge in [-0.3, -0.25) is 4.79 Å². The standard InChI is InChI=1S/C16H19NO3/c1-16(2,13-7-8-13)17-15(20)12-5-3-4-11(10-12)6-9-14(18)19/h3-6,9-10,13H,7-8H2,1-2H3,(H,17,20)(H,18,19)/b9-6+. The minimum Gasteiger partial charge on any atom is -0.478 e. The third kappa shape index (κ3) is 3.70. The van der Waals surface area contributed by atoms with Gasteiger partial charge in [0.05, 0.1) is 0 Å². The second-order valence-electron chi connectivity index (χ2n) is 5.75. The summed E-state index contributed by atoms with van der Waals surface area (Å²) < 4.78 is 0. The molecule has 2 N–H and O–H groups in total. The van der Waals surface area contributed by atoms with E-state index in [0.29, 0.717) is 17.0 Å². The number of benzene rings is 1. The van der Waals surface area contributed by atoms with Gasteiger partial charge in [0.2, 0.25) is 0 Å². The molecule has 0 bridgehead atoms. The molecule has 1 fully saturated rings. The van der Waals surface area contributed by atoms with E-state index in [0.717, 1.165) is 18.9 Å². The Hall–Kier alpha value is -2.10. The van der Waals surface area contributed by atoms with Crippen LogP contribution in [0.2, 0.25) is 0 Å². The zero-order chi connectivity index (χ0) is 14.8. The molecule has 1 aromatic carbocycles. The highest BCUT2D eigenvalue weighted by Crippen LogP contribution is 2.39. The predicted octanol–water partition coefficient (Wildman–Crippen LogP) is 2.70. The van der Waals surface area contributed by atoms with Crippen molar-refractivity contribution in [2.45, 2.75) is 32.2 Å². The Morgan fingerprint density at radius 3 is 2.65 bits per heavy atom. The molecule has 0 unspecified atom stereocenters. The first-order chi connectivity index (χ1) is 9.38. The van der Waals surface area contributed by atoms with Crippen LogP contribution in [0.15, 0.2) is 30.3 Å². The van der Waals surface area contributed by atoms with Crippen LogP contribution in [0.3, 0.4) is 0 Å². The molecule has 106 valence electrons. The maximum Gasteiger partial charge on any atom is 0.328 e. The zero-order valence-electron chi connectivity index (χ0n) is 11.7. The number of aliphatic carboxylic acids is 1. The fraction of sp³-hybridized carbons (Fsp3) is 0.375. The maximum absolute atomic E-state index is 12.2. The zero-order valence-corrected chi connectivity index (χ0v) is 11.7. The molecule has 0 aromatic heterocycles. The molecule has 4 heteroatoms. The van der Waals surface area contributed by atoms with Crippen molar-refractivity contribution >= 4 is 18.0 Å². The normalized spacial score (nSPS) is 15.3. The van der Waals surface area contributed by atoms with Gasteiger partial charge < -0.3 is 10.4 Å². The molecular weight excluding hydrogens is 254 g/mol. The van der Waals surface area contributed by atoms with E-state index in [9.17, 15) is 9.59 Å². The van der Waals surface area contributed by atoms with Gasteiger partial charge in [-0.2, -0.15) is 0 Å². The lowest BCUT2D eigenvalue weighted by atomic mass is 9.98. The molecule has 1 aromatic rings. The molecule has 0 radical (unpaired) electrons. The van der Waals surface area contributed by atoms with Crippen LogP contribution in [0.5, 0.6) is 0 Å². The molecule has 0 aliphatic heterocycles. The second-order valence-corrected chi connectivity index (χ2v) is 5.75. The SMILES string of the molecule is CC(C)(NC(=O)c1cccc(/C=C/C(=O)O)c1)C1CC1. The van der Waals surface area contributed by atoms with E-state index in [-0.39, 0.29) is 11.4 Å². The molecule has 1 aliphatic rings. The van der Waals surface area contributed by atoms with Gasteiger partial charge in [-0.15, -0.1) is 0 Å². The highest BCUT2D eigenvalue weighted by atomic mass is 16.4. The summed E-state index contributed by atoms with van der Waals surface area (Å²) in [6.07, 6.45) is 4.86. The van der Waals surface area contributed by atoms with Gasteiger partial charge in [0.15, 0.2) is 0 Å². The summed E-state index contributed by atoms with van der Waals surface area (Å²) in [5.41, 5.74) is 1.06. The van der Waals surface area contributed by atoms with Crippen LogP contribution in [-0.2, 0) is 4.79 Å². The molecule has 1 amide bonds. The van der Waals surface area contributed by atoms with E-state index in [1.165, 1.54) is 6.08 Å². The summed E-state index contributed by atoms with van der Waals surface area (Å²) in [4.78, 5) is 22.7. The predicted molar refractivity (Wildman–Crippen MR) is 77.4 cm³/mol. The van der Waals surface area contributed by atoms with E-state index in [1.807, 2.05) is 13.8 Å². The van der Waals surface area contributed by atoms with Crippen LogP contribution in [0.25, 0.3) is 6.08 Å². The molecular formula is C16H19NO3. The highest BCUT2D eigenvalue weighted by Gasteiger charge is 2.38. The number of hydrogen-bond donors (Lipinski definition) is 2. The number of carbonyl (C=O) groups is 2. The summed E-state index contributed by atoms with van der Waals surface area (Å²) in [5.74, 6) is -0.566. The third-order valence-corrected chi connectivity index (χ3v) is 3.60. The third-order valence-electron chi connectivity index (χ3n) is 3.60. The number of amides is 1. The van der Waals surface area contributed by atoms with Crippen LogP contribution in [-0.4, -0.2) is 22.5 Å². The monoisotopic (exact) mass is 273 g/mol. The smallest absolute Gasteiger partial charge is 0.328 e. The van der Waals surface area contributed by atoms with Gasteiger partial charge in [-0.05, 0) is 56.4 Å². The number of rotatable bonds is 5. The van der Waals surface area contributed by atoms with Crippen molar-refractivity contribution in [1.29, 1.82) is 0 Å². The largest absolute Gasteiger partial charge is 0.478 e. The van der Waals surface area contributed by atoms with E-state index in [2.05, 4.69) is 5.32 Å². The van der Waals surface area contributed by atoms with E-state index >= 15 is 0 Å². The fourth-order valence-corrected chi connectivity index (χ4v) is 2.22. The van der Waals surface area contributed by atoms with Crippen LogP contribution >= 0.6 is 0 Å². The lowest BCUT2D eigenvalue weighted by Gasteiger charge is -2.26. The first-order valence-electron chi connectivity index (χ1n) is 6.72. The van der Waals surface area contributed by atoms with Gasteiger partial charge >= 0.3 is 5.97 Å². The molecule has 4 nitrogen and oxygen atoms in total. The Morgan fingerprint density at radius 1 is 1.35 bits per heavy atom. The van der Waals surface area contributed by atoms with Crippen molar-refractivity contribution in [1.82, 2.24) is 5.32 Å². The number of carboxylic acid groups (broad SMARTS) is 1. The fourth-order valence-electron chi connectivity index (χ4n) is 2.22. The Balaban J connectivity index is 2.10. The Labute approximate surface area is 118 Å². The second kappa shape index (κ2) is 5.49. The molecule has 2 rings (SSSR count). The molecule has 20 heavy (non-hydrogen) atoms. The lowest BCUT2D eigenvalue weighted by molar-refractivity contribution is -0.131. The lowest BCUT2D eigenvalue weighted by Crippen LogP contribution is -2.45. The number of carbonyl (C=O) groups excluding carboxylic acids is 1. The first kappa shape index (κ1) is 14.3. The van der Waals surface area contributed by atoms with Crippen molar-refractivity contribution in [3.8, 4) is 0 Å². The van der Waals surface area contributed by atoms with Crippen LogP contribution in [0, 0.1) is 5.92 Å². The van der Waals surface area contributed by atoms with Crippen molar-refractivity contribution in [3.63, 3.8) is 0 Å². The minimum absolute atomic E-state index is 0.118. The van der Waals surface area contributed by atoms with Crippen molar-refractivity contribution < 1.29 is 14.7 Å². The molecule has 0 spiro atoms. The Bertz CT molecular complexity index is 557. The summed E-state index contributed by atoms with van der Waals surface area (Å²) in [6.45, 7) is 4.08. The van der Waals surface area contributed by atoms with Crippen LogP contribution < -0.4 is 5.32 Å². The first-order valence-corrected chi connectivity index (χ1v) is 6.72. The van der Waals surface area contributed by atoms with Gasteiger partial charge in [0, 0.05) is 17.2 Å². The van der Waals surface area contributed by atoms with Gasteiger partial charge in [-0.25, -0.2) is 4.79 Å².